The van der Waals surface area contributed by atoms with E-state index < -0.39 is 12.1 Å². The zero-order valence-corrected chi connectivity index (χ0v) is 15.8. The average molecular weight is 380 g/mol. The molecule has 0 fully saturated rings. The number of pyridine rings is 1. The zero-order valence-electron chi connectivity index (χ0n) is 15.8. The van der Waals surface area contributed by atoms with Crippen LogP contribution in [0.4, 0.5) is 0 Å². The van der Waals surface area contributed by atoms with E-state index in [1.165, 1.54) is 17.4 Å². The van der Waals surface area contributed by atoms with E-state index in [4.69, 9.17) is 9.47 Å². The Morgan fingerprint density at radius 3 is 2.54 bits per heavy atom. The molecule has 0 aliphatic carbocycles. The van der Waals surface area contributed by atoms with Gasteiger partial charge in [0.25, 0.3) is 5.56 Å². The summed E-state index contributed by atoms with van der Waals surface area (Å²) in [7, 11) is 0. The summed E-state index contributed by atoms with van der Waals surface area (Å²) in [6, 6.07) is 11.4. The van der Waals surface area contributed by atoms with Crippen LogP contribution in [0.3, 0.4) is 0 Å². The Morgan fingerprint density at radius 1 is 1.14 bits per heavy atom. The van der Waals surface area contributed by atoms with Crippen molar-refractivity contribution in [1.29, 1.82) is 0 Å². The number of carbonyl (C=O) groups excluding carboxylic acids is 2. The van der Waals surface area contributed by atoms with Gasteiger partial charge in [-0.25, -0.2) is 9.78 Å². The van der Waals surface area contributed by atoms with E-state index in [0.29, 0.717) is 22.7 Å². The SMILES string of the molecule is CC(=O)c1ccc(OC(C)C(=O)OCc2cc(=O)n3cc(C)ccc3n2)cc1. The molecule has 0 saturated heterocycles. The third kappa shape index (κ3) is 4.43. The Hall–Kier alpha value is -3.48. The summed E-state index contributed by atoms with van der Waals surface area (Å²) >= 11 is 0. The molecule has 0 aliphatic heterocycles. The number of ether oxygens (including phenoxy) is 2. The lowest BCUT2D eigenvalue weighted by Crippen LogP contribution is -2.26. The monoisotopic (exact) mass is 380 g/mol. The highest BCUT2D eigenvalue weighted by molar-refractivity contribution is 5.94. The number of benzene rings is 1. The molecular weight excluding hydrogens is 360 g/mol. The summed E-state index contributed by atoms with van der Waals surface area (Å²) in [4.78, 5) is 40.0. The van der Waals surface area contributed by atoms with Crippen molar-refractivity contribution in [3.05, 3.63) is 75.8 Å². The highest BCUT2D eigenvalue weighted by Crippen LogP contribution is 2.15. The molecule has 7 heteroatoms. The van der Waals surface area contributed by atoms with Gasteiger partial charge in [0.15, 0.2) is 11.9 Å². The number of ketones is 1. The molecule has 7 nitrogen and oxygen atoms in total. The predicted octanol–water partition coefficient (Wildman–Crippen LogP) is 2.72. The number of esters is 1. The number of aromatic nitrogens is 2. The largest absolute Gasteiger partial charge is 0.479 e. The Balaban J connectivity index is 1.63. The van der Waals surface area contributed by atoms with Crippen LogP contribution in [0.2, 0.25) is 0 Å². The van der Waals surface area contributed by atoms with Crippen LogP contribution in [-0.4, -0.2) is 27.2 Å². The first-order valence-corrected chi connectivity index (χ1v) is 8.77. The first-order chi connectivity index (χ1) is 13.3. The summed E-state index contributed by atoms with van der Waals surface area (Å²) in [5.74, 6) is -0.179. The fourth-order valence-corrected chi connectivity index (χ4v) is 2.62. The van der Waals surface area contributed by atoms with Crippen molar-refractivity contribution in [3.8, 4) is 5.75 Å². The molecule has 0 amide bonds. The van der Waals surface area contributed by atoms with Crippen molar-refractivity contribution in [2.75, 3.05) is 0 Å². The van der Waals surface area contributed by atoms with Gasteiger partial charge < -0.3 is 9.47 Å². The standard InChI is InChI=1S/C21H20N2O5/c1-13-4-9-19-22-17(10-20(25)23(19)11-13)12-27-21(26)15(3)28-18-7-5-16(6-8-18)14(2)24/h4-11,15H,12H2,1-3H3. The highest BCUT2D eigenvalue weighted by Gasteiger charge is 2.17. The molecule has 1 atom stereocenters. The number of hydrogen-bond acceptors (Lipinski definition) is 6. The number of fused-ring (bicyclic) bond motifs is 1. The minimum absolute atomic E-state index is 0.0482. The van der Waals surface area contributed by atoms with Crippen molar-refractivity contribution in [3.63, 3.8) is 0 Å². The molecule has 0 bridgehead atoms. The quantitative estimate of drug-likeness (QED) is 0.483. The number of nitrogens with zero attached hydrogens (tertiary/aromatic N) is 2. The Kier molecular flexibility index (Phi) is 5.54. The lowest BCUT2D eigenvalue weighted by atomic mass is 10.1. The van der Waals surface area contributed by atoms with Crippen molar-refractivity contribution in [2.45, 2.75) is 33.5 Å². The van der Waals surface area contributed by atoms with Gasteiger partial charge >= 0.3 is 5.97 Å². The molecule has 0 N–H and O–H groups in total. The van der Waals surface area contributed by atoms with Gasteiger partial charge in [-0.15, -0.1) is 0 Å². The van der Waals surface area contributed by atoms with Crippen LogP contribution >= 0.6 is 0 Å². The van der Waals surface area contributed by atoms with Crippen LogP contribution in [-0.2, 0) is 16.1 Å². The van der Waals surface area contributed by atoms with Crippen LogP contribution in [0.5, 0.6) is 5.75 Å². The van der Waals surface area contributed by atoms with Crippen molar-refractivity contribution < 1.29 is 19.1 Å². The number of carbonyl (C=O) groups is 2. The fourth-order valence-electron chi connectivity index (χ4n) is 2.62. The summed E-state index contributed by atoms with van der Waals surface area (Å²) in [6.45, 7) is 4.79. The van der Waals surface area contributed by atoms with E-state index in [2.05, 4.69) is 4.98 Å². The number of Topliss-reactive ketones (excluding diaryl/α,β-unsaturated/α-hetero) is 1. The molecule has 2 aromatic heterocycles. The first-order valence-electron chi connectivity index (χ1n) is 8.77. The first kappa shape index (κ1) is 19.3. The lowest BCUT2D eigenvalue weighted by Gasteiger charge is -2.14. The van der Waals surface area contributed by atoms with Crippen molar-refractivity contribution in [2.24, 2.45) is 0 Å². The van der Waals surface area contributed by atoms with Gasteiger partial charge in [-0.1, -0.05) is 6.07 Å². The van der Waals surface area contributed by atoms with E-state index >= 15 is 0 Å². The van der Waals surface area contributed by atoms with Gasteiger partial charge in [0.2, 0.25) is 0 Å². The molecule has 1 aromatic carbocycles. The maximum Gasteiger partial charge on any atom is 0.347 e. The molecule has 0 saturated carbocycles. The molecule has 144 valence electrons. The predicted molar refractivity (Wildman–Crippen MR) is 103 cm³/mol. The van der Waals surface area contributed by atoms with Gasteiger partial charge in [0.05, 0.1) is 5.69 Å². The smallest absolute Gasteiger partial charge is 0.347 e. The highest BCUT2D eigenvalue weighted by atomic mass is 16.6. The van der Waals surface area contributed by atoms with E-state index in [9.17, 15) is 14.4 Å². The van der Waals surface area contributed by atoms with Crippen LogP contribution in [0.1, 0.15) is 35.5 Å². The van der Waals surface area contributed by atoms with Crippen LogP contribution in [0.15, 0.2) is 53.5 Å². The second-order valence-corrected chi connectivity index (χ2v) is 6.47. The second kappa shape index (κ2) is 8.04. The number of aryl methyl sites for hydroxylation is 1. The minimum Gasteiger partial charge on any atom is -0.479 e. The van der Waals surface area contributed by atoms with Gasteiger partial charge in [0.1, 0.15) is 18.0 Å². The molecular formula is C21H20N2O5. The van der Waals surface area contributed by atoms with E-state index in [1.807, 2.05) is 13.0 Å². The van der Waals surface area contributed by atoms with Crippen molar-refractivity contribution in [1.82, 2.24) is 9.38 Å². The van der Waals surface area contributed by atoms with E-state index in [0.717, 1.165) is 5.56 Å². The third-order valence-electron chi connectivity index (χ3n) is 4.13. The zero-order chi connectivity index (χ0) is 20.3. The minimum atomic E-state index is -0.854. The molecule has 0 spiro atoms. The van der Waals surface area contributed by atoms with Crippen LogP contribution in [0, 0.1) is 6.92 Å². The summed E-state index contributed by atoms with van der Waals surface area (Å²) in [5, 5.41) is 0. The number of hydrogen-bond donors (Lipinski definition) is 0. The molecule has 1 unspecified atom stereocenters. The van der Waals surface area contributed by atoms with Crippen LogP contribution < -0.4 is 10.3 Å². The molecule has 0 radical (unpaired) electrons. The van der Waals surface area contributed by atoms with Gasteiger partial charge in [-0.05, 0) is 56.7 Å². The Bertz CT molecular complexity index is 1090. The molecule has 3 aromatic rings. The number of rotatable bonds is 6. The maximum atomic E-state index is 12.2. The average Bonchev–Trinajstić information content (AvgIpc) is 2.67. The Morgan fingerprint density at radius 2 is 1.86 bits per heavy atom. The third-order valence-corrected chi connectivity index (χ3v) is 4.13. The molecule has 28 heavy (non-hydrogen) atoms. The van der Waals surface area contributed by atoms with Gasteiger partial charge in [-0.2, -0.15) is 0 Å². The van der Waals surface area contributed by atoms with Crippen LogP contribution in [0.25, 0.3) is 5.65 Å². The van der Waals surface area contributed by atoms with E-state index in [-0.39, 0.29) is 17.9 Å². The summed E-state index contributed by atoms with van der Waals surface area (Å²) in [6.07, 6.45) is 0.848. The Labute approximate surface area is 161 Å². The molecule has 2 heterocycles. The molecule has 3 rings (SSSR count). The summed E-state index contributed by atoms with van der Waals surface area (Å²) < 4.78 is 12.2. The lowest BCUT2D eigenvalue weighted by molar-refractivity contribution is -0.152. The van der Waals surface area contributed by atoms with Gasteiger partial charge in [-0.3, -0.25) is 14.0 Å². The fraction of sp³-hybridized carbons (Fsp3) is 0.238. The maximum absolute atomic E-state index is 12.2. The summed E-state index contributed by atoms with van der Waals surface area (Å²) in [5.41, 5.74) is 2.11. The van der Waals surface area contributed by atoms with Crippen molar-refractivity contribution >= 4 is 17.4 Å². The molecule has 0 aliphatic rings. The van der Waals surface area contributed by atoms with Gasteiger partial charge in [0, 0.05) is 17.8 Å². The topological polar surface area (TPSA) is 87.0 Å². The van der Waals surface area contributed by atoms with E-state index in [1.54, 1.807) is 43.5 Å². The second-order valence-electron chi connectivity index (χ2n) is 6.47. The normalized spacial score (nSPS) is 11.8.